The topological polar surface area (TPSA) is 94.2 Å². The Morgan fingerprint density at radius 2 is 2.00 bits per heavy atom. The number of fused-ring (bicyclic) bond motifs is 1. The van der Waals surface area contributed by atoms with Crippen LogP contribution in [0, 0.1) is 10.1 Å². The van der Waals surface area contributed by atoms with Gasteiger partial charge in [0.25, 0.3) is 11.6 Å². The van der Waals surface area contributed by atoms with Gasteiger partial charge in [0.2, 0.25) is 0 Å². The second-order valence-electron chi connectivity index (χ2n) is 7.50. The van der Waals surface area contributed by atoms with Crippen LogP contribution in [0.3, 0.4) is 0 Å². The molecule has 1 saturated carbocycles. The van der Waals surface area contributed by atoms with E-state index in [0.717, 1.165) is 25.7 Å². The molecular weight excluding hydrogens is 370 g/mol. The molecule has 1 atom stereocenters. The van der Waals surface area contributed by atoms with Crippen LogP contribution in [-0.2, 0) is 6.42 Å². The molecule has 0 radical (unpaired) electrons. The van der Waals surface area contributed by atoms with Crippen LogP contribution in [0.5, 0.6) is 0 Å². The molecule has 1 heterocycles. The lowest BCUT2D eigenvalue weighted by molar-refractivity contribution is -0.384. The lowest BCUT2D eigenvalue weighted by atomic mass is 10.0. The Kier molecular flexibility index (Phi) is 4.12. The van der Waals surface area contributed by atoms with E-state index in [1.165, 1.54) is 34.5 Å². The molecule has 29 heavy (non-hydrogen) atoms. The van der Waals surface area contributed by atoms with Crippen molar-refractivity contribution in [2.45, 2.75) is 37.8 Å². The third-order valence-electron chi connectivity index (χ3n) is 5.70. The van der Waals surface area contributed by atoms with Crippen molar-refractivity contribution in [2.24, 2.45) is 0 Å². The second-order valence-corrected chi connectivity index (χ2v) is 7.50. The van der Waals surface area contributed by atoms with Gasteiger partial charge in [-0.05, 0) is 48.9 Å². The molecule has 2 aliphatic rings. The minimum atomic E-state index is -0.486. The number of nitro benzene ring substituents is 1. The van der Waals surface area contributed by atoms with Crippen molar-refractivity contribution in [3.05, 3.63) is 81.9 Å². The van der Waals surface area contributed by atoms with Gasteiger partial charge in [-0.3, -0.25) is 14.9 Å². The molecular formula is C21H19N5O3. The molecule has 146 valence electrons. The predicted octanol–water partition coefficient (Wildman–Crippen LogP) is 3.47. The summed E-state index contributed by atoms with van der Waals surface area (Å²) in [4.78, 5) is 30.4. The number of amides is 1. The maximum atomic E-state index is 13.5. The summed E-state index contributed by atoms with van der Waals surface area (Å²) >= 11 is 0. The zero-order chi connectivity index (χ0) is 20.0. The molecule has 8 heteroatoms. The fourth-order valence-corrected chi connectivity index (χ4v) is 4.22. The van der Waals surface area contributed by atoms with Crippen molar-refractivity contribution in [1.29, 1.82) is 0 Å². The quantitative estimate of drug-likeness (QED) is 0.492. The fourth-order valence-electron chi connectivity index (χ4n) is 4.22. The summed E-state index contributed by atoms with van der Waals surface area (Å²) in [6.45, 7) is 0. The number of carbonyl (C=O) groups is 1. The van der Waals surface area contributed by atoms with Gasteiger partial charge in [-0.1, -0.05) is 24.3 Å². The Hall–Kier alpha value is -3.55. The first-order valence-corrected chi connectivity index (χ1v) is 9.67. The minimum Gasteiger partial charge on any atom is -0.329 e. The van der Waals surface area contributed by atoms with Gasteiger partial charge in [0.05, 0.1) is 11.0 Å². The highest BCUT2D eigenvalue weighted by Gasteiger charge is 2.41. The van der Waals surface area contributed by atoms with E-state index in [1.807, 2.05) is 17.0 Å². The van der Waals surface area contributed by atoms with Crippen LogP contribution in [-0.4, -0.2) is 36.5 Å². The van der Waals surface area contributed by atoms with Crippen LogP contribution in [0.2, 0.25) is 0 Å². The molecule has 1 fully saturated rings. The van der Waals surface area contributed by atoms with E-state index < -0.39 is 4.92 Å². The van der Waals surface area contributed by atoms with Crippen molar-refractivity contribution in [3.8, 4) is 5.69 Å². The summed E-state index contributed by atoms with van der Waals surface area (Å²) in [5, 5.41) is 15.6. The fraction of sp³-hybridized carbons (Fsp3) is 0.286. The summed E-state index contributed by atoms with van der Waals surface area (Å²) in [5.41, 5.74) is 2.93. The van der Waals surface area contributed by atoms with E-state index in [0.29, 0.717) is 5.56 Å². The van der Waals surface area contributed by atoms with Gasteiger partial charge in [-0.25, -0.2) is 9.67 Å². The van der Waals surface area contributed by atoms with Crippen molar-refractivity contribution in [1.82, 2.24) is 19.7 Å². The number of hydrogen-bond donors (Lipinski definition) is 0. The third-order valence-corrected chi connectivity index (χ3v) is 5.70. The average Bonchev–Trinajstić information content (AvgIpc) is 3.25. The maximum absolute atomic E-state index is 13.5. The van der Waals surface area contributed by atoms with Crippen LogP contribution < -0.4 is 0 Å². The number of hydrogen-bond acceptors (Lipinski definition) is 5. The van der Waals surface area contributed by atoms with E-state index in [2.05, 4.69) is 22.2 Å². The smallest absolute Gasteiger partial charge is 0.295 e. The van der Waals surface area contributed by atoms with Gasteiger partial charge in [-0.15, -0.1) is 0 Å². The van der Waals surface area contributed by atoms with Crippen molar-refractivity contribution >= 4 is 11.6 Å². The Morgan fingerprint density at radius 1 is 1.17 bits per heavy atom. The molecule has 2 aliphatic carbocycles. The highest BCUT2D eigenvalue weighted by molar-refractivity contribution is 5.96. The Labute approximate surface area is 166 Å². The normalized spacial score (nSPS) is 17.7. The van der Waals surface area contributed by atoms with Gasteiger partial charge in [0.1, 0.15) is 18.3 Å². The molecule has 0 N–H and O–H groups in total. The number of benzene rings is 2. The van der Waals surface area contributed by atoms with Gasteiger partial charge >= 0.3 is 0 Å². The largest absolute Gasteiger partial charge is 0.329 e. The molecule has 1 unspecified atom stereocenters. The SMILES string of the molecule is O=C(c1ccc(-n2cncn2)c([N+](=O)[O-])c1)N(C1CC1)C1CCc2ccccc21. The predicted molar refractivity (Wildman–Crippen MR) is 105 cm³/mol. The summed E-state index contributed by atoms with van der Waals surface area (Å²) in [5.74, 6) is -0.151. The zero-order valence-electron chi connectivity index (χ0n) is 15.6. The van der Waals surface area contributed by atoms with Crippen LogP contribution in [0.1, 0.15) is 46.8 Å². The van der Waals surface area contributed by atoms with Crippen LogP contribution in [0.4, 0.5) is 5.69 Å². The third kappa shape index (κ3) is 3.06. The lowest BCUT2D eigenvalue weighted by Crippen LogP contribution is -2.36. The van der Waals surface area contributed by atoms with Crippen molar-refractivity contribution in [2.75, 3.05) is 0 Å². The molecule has 1 aromatic heterocycles. The Balaban J connectivity index is 1.52. The van der Waals surface area contributed by atoms with E-state index in [-0.39, 0.29) is 29.4 Å². The highest BCUT2D eigenvalue weighted by Crippen LogP contribution is 2.42. The highest BCUT2D eigenvalue weighted by atomic mass is 16.6. The number of rotatable bonds is 5. The number of nitrogens with zero attached hydrogens (tertiary/aromatic N) is 5. The molecule has 0 aliphatic heterocycles. The monoisotopic (exact) mass is 389 g/mol. The second kappa shape index (κ2) is 6.80. The van der Waals surface area contributed by atoms with Crippen LogP contribution in [0.25, 0.3) is 5.69 Å². The van der Waals surface area contributed by atoms with Gasteiger partial charge < -0.3 is 4.90 Å². The lowest BCUT2D eigenvalue weighted by Gasteiger charge is -2.30. The number of aromatic nitrogens is 3. The van der Waals surface area contributed by atoms with Crippen LogP contribution in [0.15, 0.2) is 55.1 Å². The molecule has 2 aromatic carbocycles. The molecule has 5 rings (SSSR count). The summed E-state index contributed by atoms with van der Waals surface area (Å²) in [6, 6.07) is 13.0. The van der Waals surface area contributed by atoms with Crippen LogP contribution >= 0.6 is 0 Å². The van der Waals surface area contributed by atoms with Crippen molar-refractivity contribution < 1.29 is 9.72 Å². The number of nitro groups is 1. The maximum Gasteiger partial charge on any atom is 0.295 e. The molecule has 3 aromatic rings. The van der Waals surface area contributed by atoms with Crippen molar-refractivity contribution in [3.63, 3.8) is 0 Å². The first-order chi connectivity index (χ1) is 14.1. The Morgan fingerprint density at radius 3 is 2.72 bits per heavy atom. The molecule has 0 bridgehead atoms. The molecule has 1 amide bonds. The number of carbonyl (C=O) groups excluding carboxylic acids is 1. The first-order valence-electron chi connectivity index (χ1n) is 9.67. The van der Waals surface area contributed by atoms with Gasteiger partial charge in [-0.2, -0.15) is 5.10 Å². The average molecular weight is 389 g/mol. The molecule has 8 nitrogen and oxygen atoms in total. The van der Waals surface area contributed by atoms with E-state index >= 15 is 0 Å². The van der Waals surface area contributed by atoms with Gasteiger partial charge in [0, 0.05) is 17.7 Å². The number of aryl methyl sites for hydroxylation is 1. The summed E-state index contributed by atoms with van der Waals surface area (Å²) in [6.07, 6.45) is 6.50. The van der Waals surface area contributed by atoms with E-state index in [4.69, 9.17) is 0 Å². The standard InChI is InChI=1S/C21H19N5O3/c27-21(15-6-10-19(20(11-15)26(28)29)24-13-22-12-23-24)25(16-7-8-16)18-9-5-14-3-1-2-4-17(14)18/h1-4,6,10-13,16,18H,5,7-9H2. The summed E-state index contributed by atoms with van der Waals surface area (Å²) in [7, 11) is 0. The first kappa shape index (κ1) is 17.5. The molecule has 0 spiro atoms. The summed E-state index contributed by atoms with van der Waals surface area (Å²) < 4.78 is 1.33. The zero-order valence-corrected chi connectivity index (χ0v) is 15.6. The minimum absolute atomic E-state index is 0.0280. The Bertz CT molecular complexity index is 1090. The molecule has 0 saturated heterocycles. The van der Waals surface area contributed by atoms with Gasteiger partial charge in [0.15, 0.2) is 0 Å². The van der Waals surface area contributed by atoms with E-state index in [1.54, 1.807) is 12.1 Å². The van der Waals surface area contributed by atoms with E-state index in [9.17, 15) is 14.9 Å².